The zero-order chi connectivity index (χ0) is 26.2. The number of carbonyl (C=O) groups excluding carboxylic acids is 2. The first-order chi connectivity index (χ1) is 18.5. The molecule has 6 aromatic rings. The number of amides is 1. The van der Waals surface area contributed by atoms with Crippen molar-refractivity contribution >= 4 is 70.9 Å². The minimum absolute atomic E-state index is 0.379. The number of rotatable bonds is 6. The molecule has 7 nitrogen and oxygen atoms in total. The number of fused-ring (bicyclic) bond motifs is 3. The Kier molecular flexibility index (Phi) is 6.22. The number of carbonyl (C=O) groups is 2. The number of aromatic nitrogens is 2. The molecule has 188 valence electrons. The van der Waals surface area contributed by atoms with Gasteiger partial charge in [0.25, 0.3) is 5.91 Å². The molecule has 0 radical (unpaired) electrons. The first-order valence-corrected chi connectivity index (χ1v) is 13.5. The molecule has 38 heavy (non-hydrogen) atoms. The van der Waals surface area contributed by atoms with E-state index in [9.17, 15) is 9.59 Å². The maximum absolute atomic E-state index is 13.3. The Balaban J connectivity index is 1.26. The van der Waals surface area contributed by atoms with Crippen LogP contribution in [0.25, 0.3) is 41.8 Å². The highest BCUT2D eigenvalue weighted by Gasteiger charge is 2.23. The molecule has 2 aromatic heterocycles. The summed E-state index contributed by atoms with van der Waals surface area (Å²) < 4.78 is 12.8. The maximum Gasteiger partial charge on any atom is 0.339 e. The van der Waals surface area contributed by atoms with Gasteiger partial charge >= 0.3 is 5.97 Å². The first kappa shape index (κ1) is 24.0. The molecule has 1 amide bonds. The van der Waals surface area contributed by atoms with Crippen LogP contribution in [0, 0.1) is 0 Å². The molecule has 0 spiro atoms. The van der Waals surface area contributed by atoms with Gasteiger partial charge in [0.15, 0.2) is 11.2 Å². The molecule has 9 heteroatoms. The summed E-state index contributed by atoms with van der Waals surface area (Å²) in [6.45, 7) is 1.54. The first-order valence-electron chi connectivity index (χ1n) is 11.8. The van der Waals surface area contributed by atoms with Crippen molar-refractivity contribution in [3.05, 3.63) is 84.4 Å². The van der Waals surface area contributed by atoms with Crippen molar-refractivity contribution in [1.29, 1.82) is 0 Å². The van der Waals surface area contributed by atoms with Gasteiger partial charge in [0, 0.05) is 10.9 Å². The van der Waals surface area contributed by atoms with Crippen molar-refractivity contribution in [2.24, 2.45) is 0 Å². The van der Waals surface area contributed by atoms with E-state index in [-0.39, 0.29) is 0 Å². The number of thiazole rings is 2. The lowest BCUT2D eigenvalue weighted by molar-refractivity contribution is -0.123. The summed E-state index contributed by atoms with van der Waals surface area (Å²) in [5, 5.41) is 5.62. The number of ether oxygens (including phenoxy) is 2. The fourth-order valence-electron chi connectivity index (χ4n) is 4.25. The Morgan fingerprint density at radius 1 is 0.868 bits per heavy atom. The predicted octanol–water partition coefficient (Wildman–Crippen LogP) is 6.92. The van der Waals surface area contributed by atoms with Gasteiger partial charge in [-0.15, -0.1) is 11.3 Å². The Morgan fingerprint density at radius 3 is 2.47 bits per heavy atom. The van der Waals surface area contributed by atoms with Crippen LogP contribution < -0.4 is 10.1 Å². The fourth-order valence-corrected chi connectivity index (χ4v) is 6.14. The molecular formula is C29H21N3O4S2. The van der Waals surface area contributed by atoms with Crippen LogP contribution in [0.5, 0.6) is 5.75 Å². The fraction of sp³-hybridized carbons (Fsp3) is 0.103. The monoisotopic (exact) mass is 539 g/mol. The molecule has 0 aliphatic rings. The largest absolute Gasteiger partial charge is 0.497 e. The molecule has 2 heterocycles. The van der Waals surface area contributed by atoms with E-state index in [1.165, 1.54) is 11.3 Å². The molecule has 1 N–H and O–H groups in total. The standard InChI is InChI=1S/C29H21N3O4S2/c1-16(26(33)32-29-31-22-14-13-18(35-2)15-24(22)38-29)36-28(34)20-10-6-8-17-7-5-9-19(25(17)20)27-30-21-11-3-4-12-23(21)37-27/h3-16H,1-2H3,(H,31,32,33). The summed E-state index contributed by atoms with van der Waals surface area (Å²) in [5.41, 5.74) is 2.87. The van der Waals surface area contributed by atoms with Gasteiger partial charge in [-0.2, -0.15) is 0 Å². The number of anilines is 1. The zero-order valence-electron chi connectivity index (χ0n) is 20.4. The van der Waals surface area contributed by atoms with E-state index in [0.29, 0.717) is 16.4 Å². The van der Waals surface area contributed by atoms with Gasteiger partial charge in [0.05, 0.1) is 33.1 Å². The molecule has 0 saturated heterocycles. The molecule has 1 atom stereocenters. The molecule has 0 aliphatic carbocycles. The number of hydrogen-bond donors (Lipinski definition) is 1. The quantitative estimate of drug-likeness (QED) is 0.231. The highest BCUT2D eigenvalue weighted by molar-refractivity contribution is 7.22. The summed E-state index contributed by atoms with van der Waals surface area (Å²) in [7, 11) is 1.60. The minimum atomic E-state index is -1.03. The number of nitrogens with zero attached hydrogens (tertiary/aromatic N) is 2. The Morgan fingerprint density at radius 2 is 1.66 bits per heavy atom. The highest BCUT2D eigenvalue weighted by Crippen LogP contribution is 2.36. The van der Waals surface area contributed by atoms with Crippen LogP contribution in [-0.2, 0) is 9.53 Å². The SMILES string of the molecule is COc1ccc2nc(NC(=O)C(C)OC(=O)c3cccc4cccc(-c5nc6ccccc6s5)c34)sc2c1. The maximum atomic E-state index is 13.3. The van der Waals surface area contributed by atoms with E-state index >= 15 is 0 Å². The Bertz CT molecular complexity index is 1800. The van der Waals surface area contributed by atoms with Crippen LogP contribution in [-0.4, -0.2) is 35.1 Å². The zero-order valence-corrected chi connectivity index (χ0v) is 22.1. The average molecular weight is 540 g/mol. The number of hydrogen-bond acceptors (Lipinski definition) is 8. The lowest BCUT2D eigenvalue weighted by atomic mass is 9.99. The molecular weight excluding hydrogens is 518 g/mol. The second kappa shape index (κ2) is 9.85. The van der Waals surface area contributed by atoms with Crippen LogP contribution in [0.3, 0.4) is 0 Å². The van der Waals surface area contributed by atoms with Gasteiger partial charge in [0.2, 0.25) is 0 Å². The Hall–Kier alpha value is -4.34. The van der Waals surface area contributed by atoms with Gasteiger partial charge in [-0.1, -0.05) is 53.8 Å². The molecule has 1 unspecified atom stereocenters. The summed E-state index contributed by atoms with van der Waals surface area (Å²) in [5.74, 6) is -0.335. The van der Waals surface area contributed by atoms with Crippen molar-refractivity contribution in [1.82, 2.24) is 9.97 Å². The molecule has 0 aliphatic heterocycles. The van der Waals surface area contributed by atoms with E-state index in [1.54, 1.807) is 37.5 Å². The van der Waals surface area contributed by atoms with Gasteiger partial charge < -0.3 is 9.47 Å². The van der Waals surface area contributed by atoms with Crippen LogP contribution >= 0.6 is 22.7 Å². The lowest BCUT2D eigenvalue weighted by Gasteiger charge is -2.14. The number of methoxy groups -OCH3 is 1. The van der Waals surface area contributed by atoms with E-state index in [2.05, 4.69) is 10.3 Å². The van der Waals surface area contributed by atoms with E-state index in [1.807, 2.05) is 66.7 Å². The van der Waals surface area contributed by atoms with Crippen LogP contribution in [0.1, 0.15) is 17.3 Å². The van der Waals surface area contributed by atoms with Crippen molar-refractivity contribution < 1.29 is 19.1 Å². The normalized spacial score (nSPS) is 12.1. The number of benzene rings is 4. The van der Waals surface area contributed by atoms with E-state index in [0.717, 1.165) is 41.8 Å². The lowest BCUT2D eigenvalue weighted by Crippen LogP contribution is -2.30. The third-order valence-electron chi connectivity index (χ3n) is 6.13. The number of esters is 1. The Labute approximate surface area is 225 Å². The summed E-state index contributed by atoms with van der Waals surface area (Å²) in [6, 6.07) is 24.7. The van der Waals surface area contributed by atoms with Crippen molar-refractivity contribution in [2.75, 3.05) is 12.4 Å². The van der Waals surface area contributed by atoms with Crippen LogP contribution in [0.4, 0.5) is 5.13 Å². The molecule has 0 saturated carbocycles. The number of para-hydroxylation sites is 1. The van der Waals surface area contributed by atoms with Crippen molar-refractivity contribution in [3.63, 3.8) is 0 Å². The van der Waals surface area contributed by atoms with Gasteiger partial charge in [-0.05, 0) is 48.7 Å². The molecule has 4 aromatic carbocycles. The van der Waals surface area contributed by atoms with E-state index in [4.69, 9.17) is 14.5 Å². The second-order valence-electron chi connectivity index (χ2n) is 8.59. The smallest absolute Gasteiger partial charge is 0.339 e. The molecule has 0 fully saturated rings. The average Bonchev–Trinajstić information content (AvgIpc) is 3.55. The minimum Gasteiger partial charge on any atom is -0.497 e. The predicted molar refractivity (Wildman–Crippen MR) is 152 cm³/mol. The third kappa shape index (κ3) is 4.46. The summed E-state index contributed by atoms with van der Waals surface area (Å²) in [4.78, 5) is 35.4. The van der Waals surface area contributed by atoms with Gasteiger partial charge in [-0.25, -0.2) is 14.8 Å². The van der Waals surface area contributed by atoms with Crippen LogP contribution in [0.2, 0.25) is 0 Å². The van der Waals surface area contributed by atoms with Gasteiger partial charge in [0.1, 0.15) is 10.8 Å². The third-order valence-corrected chi connectivity index (χ3v) is 8.13. The highest BCUT2D eigenvalue weighted by atomic mass is 32.1. The molecule has 6 rings (SSSR count). The van der Waals surface area contributed by atoms with Crippen LogP contribution in [0.15, 0.2) is 78.9 Å². The second-order valence-corrected chi connectivity index (χ2v) is 10.6. The van der Waals surface area contributed by atoms with Crippen molar-refractivity contribution in [3.8, 4) is 16.3 Å². The topological polar surface area (TPSA) is 90.4 Å². The summed E-state index contributed by atoms with van der Waals surface area (Å²) >= 11 is 2.89. The summed E-state index contributed by atoms with van der Waals surface area (Å²) in [6.07, 6.45) is -1.03. The van der Waals surface area contributed by atoms with Crippen molar-refractivity contribution in [2.45, 2.75) is 13.0 Å². The van der Waals surface area contributed by atoms with E-state index < -0.39 is 18.0 Å². The molecule has 0 bridgehead atoms. The number of nitrogens with one attached hydrogen (secondary N) is 1. The van der Waals surface area contributed by atoms with Gasteiger partial charge in [-0.3, -0.25) is 10.1 Å².